The van der Waals surface area contributed by atoms with E-state index in [0.29, 0.717) is 0 Å². The minimum absolute atomic E-state index is 0.833. The van der Waals surface area contributed by atoms with Gasteiger partial charge >= 0.3 is 0 Å². The molecule has 0 bridgehead atoms. The van der Waals surface area contributed by atoms with E-state index in [2.05, 4.69) is 72.0 Å². The molecule has 0 amide bonds. The van der Waals surface area contributed by atoms with Gasteiger partial charge in [0.1, 0.15) is 0 Å². The van der Waals surface area contributed by atoms with E-state index in [9.17, 15) is 0 Å². The van der Waals surface area contributed by atoms with E-state index in [1.807, 2.05) is 0 Å². The van der Waals surface area contributed by atoms with E-state index in [1.165, 1.54) is 128 Å². The molecule has 2 heterocycles. The quantitative estimate of drug-likeness (QED) is 0.114. The SMILES string of the molecule is CC(=O)O.CCCCCCCCN=c1ccn(CCCCCCCCCCn2ccc(=NCCCCCCCC)cc2)cc1. The van der Waals surface area contributed by atoms with Gasteiger partial charge in [-0.2, -0.15) is 0 Å². The van der Waals surface area contributed by atoms with Crippen LogP contribution in [0.2, 0.25) is 0 Å². The summed E-state index contributed by atoms with van der Waals surface area (Å²) < 4.78 is 4.63. The Morgan fingerprint density at radius 2 is 0.795 bits per heavy atom. The third kappa shape index (κ3) is 24.8. The lowest BCUT2D eigenvalue weighted by molar-refractivity contribution is -0.134. The number of pyridine rings is 2. The largest absolute Gasteiger partial charge is 0.481 e. The van der Waals surface area contributed by atoms with Crippen LogP contribution in [0.15, 0.2) is 59.0 Å². The fraction of sp³-hybridized carbons (Fsp3) is 0.711. The molecule has 250 valence electrons. The molecule has 0 aliphatic heterocycles. The molecule has 0 saturated heterocycles. The fourth-order valence-corrected chi connectivity index (χ4v) is 5.26. The van der Waals surface area contributed by atoms with Gasteiger partial charge in [-0.15, -0.1) is 0 Å². The van der Waals surface area contributed by atoms with E-state index in [1.54, 1.807) is 0 Å². The van der Waals surface area contributed by atoms with E-state index in [4.69, 9.17) is 19.9 Å². The van der Waals surface area contributed by atoms with Gasteiger partial charge in [0.15, 0.2) is 0 Å². The van der Waals surface area contributed by atoms with Gasteiger partial charge in [-0.3, -0.25) is 14.8 Å². The van der Waals surface area contributed by atoms with Gasteiger partial charge in [-0.25, -0.2) is 0 Å². The number of aryl methyl sites for hydroxylation is 2. The van der Waals surface area contributed by atoms with Crippen molar-refractivity contribution in [2.24, 2.45) is 9.98 Å². The Morgan fingerprint density at radius 1 is 0.523 bits per heavy atom. The normalized spacial score (nSPS) is 10.7. The zero-order valence-corrected chi connectivity index (χ0v) is 28.7. The van der Waals surface area contributed by atoms with Crippen molar-refractivity contribution in [3.05, 3.63) is 59.8 Å². The van der Waals surface area contributed by atoms with E-state index in [-0.39, 0.29) is 0 Å². The molecule has 0 unspecified atom stereocenters. The number of carboxylic acids is 1. The maximum atomic E-state index is 9.00. The summed E-state index contributed by atoms with van der Waals surface area (Å²) in [6.07, 6.45) is 35.5. The number of carboxylic acid groups (broad SMARTS) is 1. The summed E-state index contributed by atoms with van der Waals surface area (Å²) in [5.41, 5.74) is 0. The first-order valence-electron chi connectivity index (χ1n) is 18.1. The Labute approximate surface area is 269 Å². The van der Waals surface area contributed by atoms with Crippen molar-refractivity contribution in [3.63, 3.8) is 0 Å². The molecular weight excluding hydrogens is 544 g/mol. The molecule has 44 heavy (non-hydrogen) atoms. The highest BCUT2D eigenvalue weighted by atomic mass is 16.4. The van der Waals surface area contributed by atoms with Crippen molar-refractivity contribution in [3.8, 4) is 0 Å². The Morgan fingerprint density at radius 3 is 1.11 bits per heavy atom. The van der Waals surface area contributed by atoms with Crippen LogP contribution in [0.3, 0.4) is 0 Å². The molecule has 0 aliphatic rings. The summed E-state index contributed by atoms with van der Waals surface area (Å²) in [5, 5.41) is 9.68. The zero-order valence-electron chi connectivity index (χ0n) is 28.7. The Hall–Kier alpha value is -2.63. The standard InChI is InChI=1S/C36H62N4.C2H4O2/c1-3-5-7-9-15-19-27-37-35-23-31-39(32-24-35)29-21-17-13-11-12-14-18-22-30-40-33-25-36(26-34-40)38-28-20-16-10-8-6-4-2;1-2(3)4/h23-26,31-34H,3-22,27-30H2,1-2H3;1H3,(H,3,4). The Kier molecular flexibility index (Phi) is 26.1. The van der Waals surface area contributed by atoms with Crippen LogP contribution in [-0.4, -0.2) is 33.3 Å². The molecule has 6 nitrogen and oxygen atoms in total. The first kappa shape index (κ1) is 39.4. The van der Waals surface area contributed by atoms with Crippen LogP contribution in [0, 0.1) is 0 Å². The lowest BCUT2D eigenvalue weighted by Gasteiger charge is -2.07. The van der Waals surface area contributed by atoms with Crippen molar-refractivity contribution >= 4 is 5.97 Å². The first-order valence-corrected chi connectivity index (χ1v) is 18.1. The highest BCUT2D eigenvalue weighted by molar-refractivity contribution is 5.62. The number of hydrogen-bond donors (Lipinski definition) is 1. The highest BCUT2D eigenvalue weighted by Crippen LogP contribution is 2.10. The van der Waals surface area contributed by atoms with Crippen LogP contribution < -0.4 is 10.7 Å². The maximum Gasteiger partial charge on any atom is 0.300 e. The number of aliphatic carboxylic acids is 1. The summed E-state index contributed by atoms with van der Waals surface area (Å²) in [7, 11) is 0. The maximum absolute atomic E-state index is 9.00. The Bertz CT molecular complexity index is 948. The predicted molar refractivity (Wildman–Crippen MR) is 187 cm³/mol. The monoisotopic (exact) mass is 611 g/mol. The molecular formula is C38H66N4O2. The first-order chi connectivity index (χ1) is 21.5. The van der Waals surface area contributed by atoms with Crippen LogP contribution in [0.5, 0.6) is 0 Å². The molecule has 2 aromatic heterocycles. The van der Waals surface area contributed by atoms with E-state index < -0.39 is 5.97 Å². The number of unbranched alkanes of at least 4 members (excludes halogenated alkanes) is 17. The van der Waals surface area contributed by atoms with Gasteiger partial charge in [0.2, 0.25) is 0 Å². The number of hydrogen-bond acceptors (Lipinski definition) is 3. The van der Waals surface area contributed by atoms with Crippen LogP contribution in [0.25, 0.3) is 0 Å². The summed E-state index contributed by atoms with van der Waals surface area (Å²) in [6, 6.07) is 8.71. The molecule has 1 N–H and O–H groups in total. The number of aromatic nitrogens is 2. The third-order valence-electron chi connectivity index (χ3n) is 7.94. The average Bonchev–Trinajstić information content (AvgIpc) is 3.02. The Balaban J connectivity index is 0.00000227. The van der Waals surface area contributed by atoms with Crippen LogP contribution in [0.1, 0.15) is 149 Å². The number of nitrogens with zero attached hydrogens (tertiary/aromatic N) is 4. The zero-order chi connectivity index (χ0) is 31.9. The van der Waals surface area contributed by atoms with E-state index in [0.717, 1.165) is 43.8 Å². The van der Waals surface area contributed by atoms with Crippen LogP contribution in [-0.2, 0) is 17.9 Å². The van der Waals surface area contributed by atoms with Gasteiger partial charge in [-0.05, 0) is 49.9 Å². The van der Waals surface area contributed by atoms with Crippen molar-refractivity contribution in [1.82, 2.24) is 9.13 Å². The molecule has 0 aliphatic carbocycles. The van der Waals surface area contributed by atoms with Gasteiger partial charge in [0, 0.05) is 57.9 Å². The second-order valence-electron chi connectivity index (χ2n) is 12.2. The molecule has 0 aromatic carbocycles. The molecule has 0 fully saturated rings. The predicted octanol–water partition coefficient (Wildman–Crippen LogP) is 9.72. The number of rotatable bonds is 25. The molecule has 6 heteroatoms. The van der Waals surface area contributed by atoms with E-state index >= 15 is 0 Å². The smallest absolute Gasteiger partial charge is 0.300 e. The highest BCUT2D eigenvalue weighted by Gasteiger charge is 1.96. The lowest BCUT2D eigenvalue weighted by atomic mass is 10.1. The number of carbonyl (C=O) groups is 1. The van der Waals surface area contributed by atoms with Crippen molar-refractivity contribution < 1.29 is 9.90 Å². The molecule has 0 saturated carbocycles. The van der Waals surface area contributed by atoms with Crippen LogP contribution >= 0.6 is 0 Å². The topological polar surface area (TPSA) is 71.9 Å². The minimum atomic E-state index is -0.833. The lowest BCUT2D eigenvalue weighted by Crippen LogP contribution is -2.06. The molecule has 0 radical (unpaired) electrons. The fourth-order valence-electron chi connectivity index (χ4n) is 5.26. The summed E-state index contributed by atoms with van der Waals surface area (Å²) in [6.45, 7) is 9.82. The molecule has 0 spiro atoms. The summed E-state index contributed by atoms with van der Waals surface area (Å²) >= 11 is 0. The minimum Gasteiger partial charge on any atom is -0.481 e. The van der Waals surface area contributed by atoms with Crippen molar-refractivity contribution in [1.29, 1.82) is 0 Å². The van der Waals surface area contributed by atoms with Crippen LogP contribution in [0.4, 0.5) is 0 Å². The third-order valence-corrected chi connectivity index (χ3v) is 7.94. The molecule has 2 aromatic rings. The summed E-state index contributed by atoms with van der Waals surface area (Å²) in [4.78, 5) is 18.5. The molecule has 2 rings (SSSR count). The molecule has 0 atom stereocenters. The second kappa shape index (κ2) is 29.1. The summed E-state index contributed by atoms with van der Waals surface area (Å²) in [5.74, 6) is -0.833. The van der Waals surface area contributed by atoms with Gasteiger partial charge in [0.25, 0.3) is 5.97 Å². The average molecular weight is 611 g/mol. The van der Waals surface area contributed by atoms with Gasteiger partial charge in [-0.1, -0.05) is 117 Å². The van der Waals surface area contributed by atoms with Crippen molar-refractivity contribution in [2.75, 3.05) is 13.1 Å². The second-order valence-corrected chi connectivity index (χ2v) is 12.2. The van der Waals surface area contributed by atoms with Gasteiger partial charge < -0.3 is 14.2 Å². The van der Waals surface area contributed by atoms with Crippen molar-refractivity contribution in [2.45, 2.75) is 162 Å². The van der Waals surface area contributed by atoms with Gasteiger partial charge in [0.05, 0.1) is 10.7 Å².